The van der Waals surface area contributed by atoms with Gasteiger partial charge in [-0.2, -0.15) is 0 Å². The lowest BCUT2D eigenvalue weighted by Crippen LogP contribution is -2.47. The van der Waals surface area contributed by atoms with Crippen molar-refractivity contribution in [2.45, 2.75) is 373 Å². The Balaban J connectivity index is 2.36. The Labute approximate surface area is 568 Å². The summed E-state index contributed by atoms with van der Waals surface area (Å²) in [5.74, 6) is 2.21. The van der Waals surface area contributed by atoms with Crippen LogP contribution in [0, 0.1) is 0 Å². The Hall–Kier alpha value is -0.670. The highest BCUT2D eigenvalue weighted by Gasteiger charge is 2.20. The van der Waals surface area contributed by atoms with Gasteiger partial charge in [-0.1, -0.05) is 279 Å². The van der Waals surface area contributed by atoms with E-state index >= 15 is 0 Å². The van der Waals surface area contributed by atoms with E-state index in [2.05, 4.69) is 71.6 Å². The first-order valence-electron chi connectivity index (χ1n) is 39.5. The highest BCUT2D eigenvalue weighted by Crippen LogP contribution is 2.25. The second-order valence-electron chi connectivity index (χ2n) is 27.8. The van der Waals surface area contributed by atoms with Gasteiger partial charge in [0.05, 0.1) is 24.4 Å². The lowest BCUT2D eigenvalue weighted by molar-refractivity contribution is -0.144. The lowest BCUT2D eigenvalue weighted by atomic mass is 10.0. The Morgan fingerprint density at radius 3 is 1.00 bits per heavy atom. The Morgan fingerprint density at radius 2 is 0.656 bits per heavy atom. The second-order valence-corrected chi connectivity index (χ2v) is 30.5. The molecule has 4 N–H and O–H groups in total. The molecule has 0 aromatic carbocycles. The third kappa shape index (κ3) is 62.2. The molecule has 1 rings (SSSR count). The fourth-order valence-corrected chi connectivity index (χ4v) is 15.1. The molecule has 0 saturated carbocycles. The summed E-state index contributed by atoms with van der Waals surface area (Å²) in [5, 5.41) is 44.4. The number of ether oxygens (including phenoxy) is 1. The molecular formula is C78H154N4O6S2. The highest BCUT2D eigenvalue weighted by molar-refractivity contribution is 8.76. The van der Waals surface area contributed by atoms with Crippen LogP contribution in [-0.4, -0.2) is 167 Å². The summed E-state index contributed by atoms with van der Waals surface area (Å²) in [7, 11) is 4.04. The number of aliphatic hydroxyl groups excluding tert-OH is 4. The van der Waals surface area contributed by atoms with E-state index in [0.29, 0.717) is 52.2 Å². The number of carbonyl (C=O) groups excluding carboxylic acids is 1. The van der Waals surface area contributed by atoms with Gasteiger partial charge < -0.3 is 30.1 Å². The van der Waals surface area contributed by atoms with Gasteiger partial charge in [-0.3, -0.25) is 19.5 Å². The van der Waals surface area contributed by atoms with E-state index < -0.39 is 12.2 Å². The van der Waals surface area contributed by atoms with Gasteiger partial charge in [0.2, 0.25) is 0 Å². The van der Waals surface area contributed by atoms with Crippen LogP contribution in [0.2, 0.25) is 0 Å². The van der Waals surface area contributed by atoms with Gasteiger partial charge in [-0.25, -0.2) is 0 Å². The zero-order valence-corrected chi connectivity index (χ0v) is 61.9. The van der Waals surface area contributed by atoms with E-state index in [9.17, 15) is 25.2 Å². The first kappa shape index (κ1) is 87.3. The van der Waals surface area contributed by atoms with Crippen LogP contribution in [0.3, 0.4) is 0 Å². The largest absolute Gasteiger partial charge is 0.464 e. The zero-order valence-electron chi connectivity index (χ0n) is 60.3. The van der Waals surface area contributed by atoms with E-state index in [4.69, 9.17) is 4.74 Å². The van der Waals surface area contributed by atoms with Crippen molar-refractivity contribution in [2.24, 2.45) is 0 Å². The fraction of sp³-hybridized carbons (Fsp3) is 0.936. The van der Waals surface area contributed by atoms with Gasteiger partial charge in [0, 0.05) is 76.8 Å². The van der Waals surface area contributed by atoms with Crippen LogP contribution in [0.25, 0.3) is 0 Å². The van der Waals surface area contributed by atoms with Crippen LogP contribution in [0.4, 0.5) is 0 Å². The number of hydrogen-bond donors (Lipinski definition) is 4. The fourth-order valence-electron chi connectivity index (χ4n) is 12.8. The monoisotopic (exact) mass is 1310 g/mol. The van der Waals surface area contributed by atoms with Gasteiger partial charge in [0.25, 0.3) is 0 Å². The minimum Gasteiger partial charge on any atom is -0.464 e. The van der Waals surface area contributed by atoms with Crippen LogP contribution >= 0.6 is 21.6 Å². The molecule has 0 amide bonds. The molecule has 12 heteroatoms. The maximum Gasteiger partial charge on any atom is 0.305 e. The van der Waals surface area contributed by atoms with Crippen molar-refractivity contribution < 1.29 is 30.0 Å². The van der Waals surface area contributed by atoms with E-state index in [0.717, 1.165) is 135 Å². The summed E-state index contributed by atoms with van der Waals surface area (Å²) < 4.78 is 5.77. The first-order chi connectivity index (χ1) is 44.2. The Bertz CT molecular complexity index is 1430. The third-order valence-corrected chi connectivity index (χ3v) is 21.3. The van der Waals surface area contributed by atoms with Crippen molar-refractivity contribution in [3.63, 3.8) is 0 Å². The molecule has 4 unspecified atom stereocenters. The summed E-state index contributed by atoms with van der Waals surface area (Å²) in [4.78, 5) is 22.6. The second kappa shape index (κ2) is 69.7. The SMILES string of the molecule is CCCCCCCC/C=C\CCCCCCC(O)CN(CCCC(=O)OCCN1CCN(CCCCSSCCCCN(CC(O)CCCCCCCCCC)CC(O)CCCCCCCCCC)CC1)CC(O)CCCCCC/C=C\CCCCCCCC. The topological polar surface area (TPSA) is 120 Å². The predicted octanol–water partition coefficient (Wildman–Crippen LogP) is 20.3. The predicted molar refractivity (Wildman–Crippen MR) is 397 cm³/mol. The maximum absolute atomic E-state index is 13.0. The molecule has 4 atom stereocenters. The number of aliphatic hydroxyl groups is 4. The minimum absolute atomic E-state index is 0.141. The molecule has 1 aliphatic rings. The summed E-state index contributed by atoms with van der Waals surface area (Å²) in [6.45, 7) is 19.8. The first-order valence-corrected chi connectivity index (χ1v) is 42.0. The molecular weight excluding hydrogens is 1150 g/mol. The highest BCUT2D eigenvalue weighted by atomic mass is 33.1. The summed E-state index contributed by atoms with van der Waals surface area (Å²) in [5.41, 5.74) is 0. The summed E-state index contributed by atoms with van der Waals surface area (Å²) in [6, 6.07) is 0. The molecule has 1 fully saturated rings. The molecule has 1 aliphatic heterocycles. The number of allylic oxidation sites excluding steroid dienone is 4. The maximum atomic E-state index is 13.0. The van der Waals surface area contributed by atoms with E-state index in [1.165, 1.54) is 230 Å². The van der Waals surface area contributed by atoms with Crippen LogP contribution in [0.5, 0.6) is 0 Å². The summed E-state index contributed by atoms with van der Waals surface area (Å²) in [6.07, 6.45) is 67.9. The van der Waals surface area contributed by atoms with Crippen LogP contribution in [0.15, 0.2) is 24.3 Å². The molecule has 0 bridgehead atoms. The van der Waals surface area contributed by atoms with E-state index in [-0.39, 0.29) is 18.2 Å². The van der Waals surface area contributed by atoms with Crippen LogP contribution in [0.1, 0.15) is 349 Å². The number of piperazine rings is 1. The van der Waals surface area contributed by atoms with Crippen molar-refractivity contribution in [3.05, 3.63) is 24.3 Å². The number of nitrogens with zero attached hydrogens (tertiary/aromatic N) is 4. The summed E-state index contributed by atoms with van der Waals surface area (Å²) >= 11 is 0. The van der Waals surface area contributed by atoms with Crippen molar-refractivity contribution in [1.29, 1.82) is 0 Å². The number of unbranched alkanes of at least 4 members (excludes halogenated alkanes) is 36. The average molecular weight is 1310 g/mol. The Morgan fingerprint density at radius 1 is 0.367 bits per heavy atom. The van der Waals surface area contributed by atoms with Gasteiger partial charge >= 0.3 is 5.97 Å². The standard InChI is InChI=1S/C78H154N4O6S2/c1-5-9-13-17-21-25-27-29-31-33-35-39-43-47-56-76(85)72-82(73-77(86)57-48-44-40-36-34-32-30-28-26-22-18-14-10-6-2)61-53-58-78(87)88-67-66-80-64-62-79(63-65-80)59-49-51-68-89-90-69-52-50-60-81(70-74(83)54-45-41-37-23-19-15-11-7-3)71-75(84)55-46-42-38-24-20-16-12-8-4/h29-32,74-77,83-86H,5-28,33-73H2,1-4H3/b31-29-,32-30-. The minimum atomic E-state index is -0.425. The van der Waals surface area contributed by atoms with Crippen LogP contribution < -0.4 is 0 Å². The zero-order chi connectivity index (χ0) is 65.1. The molecule has 1 heterocycles. The molecule has 10 nitrogen and oxygen atoms in total. The smallest absolute Gasteiger partial charge is 0.305 e. The normalized spacial score (nSPS) is 15.0. The quantitative estimate of drug-likeness (QED) is 0.0201. The molecule has 0 aromatic heterocycles. The van der Waals surface area contributed by atoms with Crippen molar-refractivity contribution in [1.82, 2.24) is 19.6 Å². The molecule has 90 heavy (non-hydrogen) atoms. The van der Waals surface area contributed by atoms with Crippen molar-refractivity contribution in [3.8, 4) is 0 Å². The van der Waals surface area contributed by atoms with E-state index in [1.54, 1.807) is 0 Å². The third-order valence-electron chi connectivity index (χ3n) is 18.7. The molecule has 0 spiro atoms. The van der Waals surface area contributed by atoms with E-state index in [1.807, 2.05) is 21.6 Å². The Kier molecular flexibility index (Phi) is 67.6. The van der Waals surface area contributed by atoms with Gasteiger partial charge in [-0.15, -0.1) is 0 Å². The molecule has 1 saturated heterocycles. The van der Waals surface area contributed by atoms with Crippen molar-refractivity contribution >= 4 is 27.6 Å². The molecule has 0 radical (unpaired) electrons. The number of esters is 1. The van der Waals surface area contributed by atoms with Gasteiger partial charge in [0.1, 0.15) is 6.61 Å². The van der Waals surface area contributed by atoms with Gasteiger partial charge in [-0.05, 0) is 129 Å². The van der Waals surface area contributed by atoms with Crippen molar-refractivity contribution in [2.75, 3.05) is 96.6 Å². The van der Waals surface area contributed by atoms with Crippen LogP contribution in [-0.2, 0) is 9.53 Å². The number of rotatable bonds is 72. The lowest BCUT2D eigenvalue weighted by Gasteiger charge is -2.34. The molecule has 534 valence electrons. The average Bonchev–Trinajstić information content (AvgIpc) is 3.72. The number of carbonyl (C=O) groups is 1. The van der Waals surface area contributed by atoms with Gasteiger partial charge in [0.15, 0.2) is 0 Å². The molecule has 0 aromatic rings. The molecule has 0 aliphatic carbocycles. The number of hydrogen-bond acceptors (Lipinski definition) is 12.